The molecule has 1 heterocycles. The Kier molecular flexibility index (Phi) is 7.91. The number of rotatable bonds is 9. The van der Waals surface area contributed by atoms with E-state index in [1.165, 1.54) is 0 Å². The number of ether oxygens (including phenoxy) is 2. The number of hydrogen-bond donors (Lipinski definition) is 1. The molecule has 0 aliphatic heterocycles. The van der Waals surface area contributed by atoms with Gasteiger partial charge < -0.3 is 14.8 Å². The number of amides is 1. The second kappa shape index (κ2) is 11.4. The maximum Gasteiger partial charge on any atom is 0.282 e. The standard InChI is InChI=1S/C26H22ClN3O3S/c1-32-22-13-12-20(15-23(22)33-17-19-10-6-3-7-11-19)14-21(27)25-29-30-26(34-25)24(31)28-16-18-8-4-2-5-9-18/h2-15H,16-17H2,1H3,(H,28,31)/b21-14-. The summed E-state index contributed by atoms with van der Waals surface area (Å²) in [6, 6.07) is 25.1. The monoisotopic (exact) mass is 491 g/mol. The number of benzene rings is 3. The largest absolute Gasteiger partial charge is 0.493 e. The number of nitrogens with zero attached hydrogens (tertiary/aromatic N) is 2. The van der Waals surface area contributed by atoms with Crippen molar-refractivity contribution in [3.8, 4) is 11.5 Å². The van der Waals surface area contributed by atoms with Crippen molar-refractivity contribution in [3.05, 3.63) is 106 Å². The van der Waals surface area contributed by atoms with E-state index in [0.29, 0.717) is 34.7 Å². The van der Waals surface area contributed by atoms with Crippen molar-refractivity contribution < 1.29 is 14.3 Å². The van der Waals surface area contributed by atoms with Crippen molar-refractivity contribution >= 4 is 40.0 Å². The molecule has 0 atom stereocenters. The summed E-state index contributed by atoms with van der Waals surface area (Å²) in [6.07, 6.45) is 1.75. The molecular formula is C26H22ClN3O3S. The molecule has 0 unspecified atom stereocenters. The molecule has 0 bridgehead atoms. The Balaban J connectivity index is 1.44. The highest BCUT2D eigenvalue weighted by molar-refractivity contribution is 7.15. The second-order valence-electron chi connectivity index (χ2n) is 7.26. The first kappa shape index (κ1) is 23.5. The number of carbonyl (C=O) groups is 1. The van der Waals surface area contributed by atoms with E-state index in [1.54, 1.807) is 13.2 Å². The highest BCUT2D eigenvalue weighted by atomic mass is 35.5. The molecule has 4 rings (SSSR count). The minimum absolute atomic E-state index is 0.249. The maximum absolute atomic E-state index is 12.4. The van der Waals surface area contributed by atoms with Crippen LogP contribution in [0.1, 0.15) is 31.5 Å². The molecule has 0 saturated heterocycles. The van der Waals surface area contributed by atoms with Crippen molar-refractivity contribution in [2.45, 2.75) is 13.2 Å². The third-order valence-corrected chi connectivity index (χ3v) is 6.19. The first-order chi connectivity index (χ1) is 16.6. The van der Waals surface area contributed by atoms with Crippen molar-refractivity contribution in [1.82, 2.24) is 15.5 Å². The van der Waals surface area contributed by atoms with Gasteiger partial charge in [-0.15, -0.1) is 10.2 Å². The van der Waals surface area contributed by atoms with Crippen LogP contribution in [0.25, 0.3) is 11.1 Å². The highest BCUT2D eigenvalue weighted by Crippen LogP contribution is 2.32. The fourth-order valence-corrected chi connectivity index (χ4v) is 4.05. The zero-order valence-corrected chi connectivity index (χ0v) is 20.0. The minimum atomic E-state index is -0.293. The van der Waals surface area contributed by atoms with Crippen molar-refractivity contribution in [1.29, 1.82) is 0 Å². The predicted octanol–water partition coefficient (Wildman–Crippen LogP) is 5.79. The summed E-state index contributed by atoms with van der Waals surface area (Å²) in [4.78, 5) is 12.4. The second-order valence-corrected chi connectivity index (χ2v) is 8.64. The van der Waals surface area contributed by atoms with Crippen molar-refractivity contribution in [2.75, 3.05) is 7.11 Å². The van der Waals surface area contributed by atoms with Gasteiger partial charge >= 0.3 is 0 Å². The van der Waals surface area contributed by atoms with E-state index in [-0.39, 0.29) is 10.9 Å². The summed E-state index contributed by atoms with van der Waals surface area (Å²) in [5, 5.41) is 12.0. The van der Waals surface area contributed by atoms with Gasteiger partial charge in [-0.25, -0.2) is 0 Å². The number of halogens is 1. The van der Waals surface area contributed by atoms with Crippen LogP contribution in [0.3, 0.4) is 0 Å². The Hall–Kier alpha value is -3.68. The summed E-state index contributed by atoms with van der Waals surface area (Å²) in [7, 11) is 1.60. The van der Waals surface area contributed by atoms with Crippen LogP contribution in [-0.2, 0) is 13.2 Å². The minimum Gasteiger partial charge on any atom is -0.493 e. The Morgan fingerprint density at radius 2 is 1.62 bits per heavy atom. The third-order valence-electron chi connectivity index (χ3n) is 4.84. The Labute approximate surface area is 206 Å². The topological polar surface area (TPSA) is 73.3 Å². The van der Waals surface area contributed by atoms with Crippen LogP contribution in [-0.4, -0.2) is 23.2 Å². The molecule has 6 nitrogen and oxygen atoms in total. The van der Waals surface area contributed by atoms with Crippen molar-refractivity contribution in [3.63, 3.8) is 0 Å². The first-order valence-electron chi connectivity index (χ1n) is 10.5. The molecule has 1 N–H and O–H groups in total. The number of carbonyl (C=O) groups excluding carboxylic acids is 1. The van der Waals surface area contributed by atoms with Gasteiger partial charge in [-0.2, -0.15) is 0 Å². The Bertz CT molecular complexity index is 1280. The summed E-state index contributed by atoms with van der Waals surface area (Å²) < 4.78 is 11.4. The van der Waals surface area contributed by atoms with E-state index in [0.717, 1.165) is 28.0 Å². The molecule has 172 valence electrons. The number of aromatic nitrogens is 2. The predicted molar refractivity (Wildman–Crippen MR) is 135 cm³/mol. The van der Waals surface area contributed by atoms with Gasteiger partial charge in [0.1, 0.15) is 6.61 Å². The molecule has 0 aliphatic carbocycles. The van der Waals surface area contributed by atoms with Crippen LogP contribution >= 0.6 is 22.9 Å². The lowest BCUT2D eigenvalue weighted by molar-refractivity contribution is 0.0950. The van der Waals surface area contributed by atoms with Gasteiger partial charge in [0, 0.05) is 6.54 Å². The lowest BCUT2D eigenvalue weighted by Crippen LogP contribution is -2.22. The highest BCUT2D eigenvalue weighted by Gasteiger charge is 2.15. The molecule has 34 heavy (non-hydrogen) atoms. The van der Waals surface area contributed by atoms with E-state index >= 15 is 0 Å². The molecule has 3 aromatic carbocycles. The lowest BCUT2D eigenvalue weighted by Gasteiger charge is -2.11. The molecule has 0 radical (unpaired) electrons. The third kappa shape index (κ3) is 6.21. The van der Waals surface area contributed by atoms with Crippen molar-refractivity contribution in [2.24, 2.45) is 0 Å². The van der Waals surface area contributed by atoms with Crippen LogP contribution in [0.15, 0.2) is 78.9 Å². The molecule has 0 saturated carbocycles. The quantitative estimate of drug-likeness (QED) is 0.320. The van der Waals surface area contributed by atoms with Crippen LogP contribution in [0.5, 0.6) is 11.5 Å². The van der Waals surface area contributed by atoms with Gasteiger partial charge in [0.2, 0.25) is 5.01 Å². The summed E-state index contributed by atoms with van der Waals surface area (Å²) in [6.45, 7) is 0.825. The van der Waals surface area contributed by atoms with Gasteiger partial charge in [-0.05, 0) is 34.9 Å². The smallest absolute Gasteiger partial charge is 0.282 e. The SMILES string of the molecule is COc1ccc(/C=C(\Cl)c2nnc(C(=O)NCc3ccccc3)s2)cc1OCc1ccccc1. The summed E-state index contributed by atoms with van der Waals surface area (Å²) in [5.41, 5.74) is 2.86. The van der Waals surface area contributed by atoms with Gasteiger partial charge in [0.15, 0.2) is 16.5 Å². The van der Waals surface area contributed by atoms with Gasteiger partial charge in [0.05, 0.1) is 12.1 Å². The summed E-state index contributed by atoms with van der Waals surface area (Å²) in [5.74, 6) is 0.929. The van der Waals surface area contributed by atoms with Crippen LogP contribution in [0.2, 0.25) is 0 Å². The first-order valence-corrected chi connectivity index (χ1v) is 11.7. The zero-order valence-electron chi connectivity index (χ0n) is 18.4. The molecule has 0 aliphatic rings. The van der Waals surface area contributed by atoms with Crippen LogP contribution in [0, 0.1) is 0 Å². The number of hydrogen-bond acceptors (Lipinski definition) is 6. The average Bonchev–Trinajstić information content (AvgIpc) is 3.38. The van der Waals surface area contributed by atoms with E-state index in [1.807, 2.05) is 78.9 Å². The Morgan fingerprint density at radius 3 is 2.32 bits per heavy atom. The molecule has 1 amide bonds. The molecule has 8 heteroatoms. The van der Waals surface area contributed by atoms with Crippen LogP contribution in [0.4, 0.5) is 0 Å². The lowest BCUT2D eigenvalue weighted by atomic mass is 10.2. The summed E-state index contributed by atoms with van der Waals surface area (Å²) >= 11 is 7.63. The molecular weight excluding hydrogens is 470 g/mol. The average molecular weight is 492 g/mol. The van der Waals surface area contributed by atoms with E-state index in [9.17, 15) is 4.79 Å². The molecule has 4 aromatic rings. The van der Waals surface area contributed by atoms with E-state index in [4.69, 9.17) is 21.1 Å². The number of methoxy groups -OCH3 is 1. The molecule has 0 spiro atoms. The van der Waals surface area contributed by atoms with Gasteiger partial charge in [-0.3, -0.25) is 4.79 Å². The van der Waals surface area contributed by atoms with Crippen LogP contribution < -0.4 is 14.8 Å². The van der Waals surface area contributed by atoms with Gasteiger partial charge in [0.25, 0.3) is 5.91 Å². The van der Waals surface area contributed by atoms with E-state index in [2.05, 4.69) is 15.5 Å². The number of nitrogens with one attached hydrogen (secondary N) is 1. The Morgan fingerprint density at radius 1 is 0.941 bits per heavy atom. The fourth-order valence-electron chi connectivity index (χ4n) is 3.10. The molecule has 0 fully saturated rings. The van der Waals surface area contributed by atoms with Gasteiger partial charge in [-0.1, -0.05) is 89.7 Å². The van der Waals surface area contributed by atoms with E-state index < -0.39 is 0 Å². The normalized spacial score (nSPS) is 11.2. The molecule has 1 aromatic heterocycles. The zero-order chi connectivity index (χ0) is 23.8. The maximum atomic E-state index is 12.4. The fraction of sp³-hybridized carbons (Fsp3) is 0.115.